The van der Waals surface area contributed by atoms with Crippen LogP contribution < -0.4 is 0 Å². The Balaban J connectivity index is 3.66. The van der Waals surface area contributed by atoms with E-state index in [4.69, 9.17) is 14.2 Å². The Labute approximate surface area is 173 Å². The number of hydrogen-bond acceptors (Lipinski definition) is 10. The zero-order valence-electron chi connectivity index (χ0n) is 16.7. The maximum absolute atomic E-state index is 12.2. The van der Waals surface area contributed by atoms with Crippen molar-refractivity contribution >= 4 is 17.9 Å². The molecule has 30 heavy (non-hydrogen) atoms. The van der Waals surface area contributed by atoms with Crippen LogP contribution in [-0.2, 0) is 28.6 Å². The Bertz CT molecular complexity index is 793. The molecule has 3 atom stereocenters. The Kier molecular flexibility index (Phi) is 9.45. The lowest BCUT2D eigenvalue weighted by molar-refractivity contribution is -0.144. The summed E-state index contributed by atoms with van der Waals surface area (Å²) in [5.41, 5.74) is -0.319. The van der Waals surface area contributed by atoms with E-state index < -0.39 is 35.7 Å². The van der Waals surface area contributed by atoms with E-state index >= 15 is 0 Å². The van der Waals surface area contributed by atoms with Gasteiger partial charge in [-0.05, 0) is 38.5 Å². The third-order valence-corrected chi connectivity index (χ3v) is 3.77. The summed E-state index contributed by atoms with van der Waals surface area (Å²) >= 11 is 0. The van der Waals surface area contributed by atoms with Crippen LogP contribution in [0.15, 0.2) is 12.1 Å². The summed E-state index contributed by atoms with van der Waals surface area (Å²) in [6, 6.07) is 7.68. The molecule has 1 heterocycles. The molecule has 0 aliphatic rings. The molecule has 0 spiro atoms. The molecule has 1 aromatic heterocycles. The predicted molar refractivity (Wildman–Crippen MR) is 99.2 cm³/mol. The Morgan fingerprint density at radius 2 is 1.10 bits per heavy atom. The van der Waals surface area contributed by atoms with E-state index in [0.717, 1.165) is 0 Å². The fourth-order valence-corrected chi connectivity index (χ4v) is 2.48. The second-order valence-electron chi connectivity index (χ2n) is 5.69. The predicted octanol–water partition coefficient (Wildman–Crippen LogP) is 1.59. The number of hydrogen-bond donors (Lipinski definition) is 0. The van der Waals surface area contributed by atoms with Crippen molar-refractivity contribution < 1.29 is 28.6 Å². The van der Waals surface area contributed by atoms with Gasteiger partial charge in [-0.2, -0.15) is 15.8 Å². The quantitative estimate of drug-likeness (QED) is 0.429. The average molecular weight is 412 g/mol. The molecule has 0 saturated heterocycles. The van der Waals surface area contributed by atoms with E-state index in [1.165, 1.54) is 12.1 Å². The largest absolute Gasteiger partial charge is 0.465 e. The first-order chi connectivity index (χ1) is 14.4. The SMILES string of the molecule is CCOC(=O)C(C#N)c1cc(C(C#N)C(=O)OCC)nc(C(C#N)C(=O)OCC)c1. The highest BCUT2D eigenvalue weighted by molar-refractivity contribution is 5.84. The number of nitrogens with zero attached hydrogens (tertiary/aromatic N) is 4. The van der Waals surface area contributed by atoms with Crippen LogP contribution in [0.25, 0.3) is 0 Å². The van der Waals surface area contributed by atoms with Crippen LogP contribution in [0.2, 0.25) is 0 Å². The minimum Gasteiger partial charge on any atom is -0.465 e. The summed E-state index contributed by atoms with van der Waals surface area (Å²) < 4.78 is 14.6. The van der Waals surface area contributed by atoms with E-state index in [1.807, 2.05) is 0 Å². The molecule has 10 nitrogen and oxygen atoms in total. The zero-order valence-corrected chi connectivity index (χ0v) is 16.7. The fraction of sp³-hybridized carbons (Fsp3) is 0.450. The first-order valence-corrected chi connectivity index (χ1v) is 9.08. The van der Waals surface area contributed by atoms with Crippen molar-refractivity contribution in [3.8, 4) is 18.2 Å². The van der Waals surface area contributed by atoms with Crippen LogP contribution in [0.1, 0.15) is 55.5 Å². The van der Waals surface area contributed by atoms with Gasteiger partial charge in [-0.1, -0.05) is 0 Å². The molecule has 1 rings (SSSR count). The summed E-state index contributed by atoms with van der Waals surface area (Å²) in [4.78, 5) is 40.6. The normalized spacial score (nSPS) is 12.8. The molecule has 0 N–H and O–H groups in total. The lowest BCUT2D eigenvalue weighted by atomic mass is 9.94. The number of ether oxygens (including phenoxy) is 3. The molecular weight excluding hydrogens is 392 g/mol. The van der Waals surface area contributed by atoms with Crippen molar-refractivity contribution in [3.05, 3.63) is 29.1 Å². The van der Waals surface area contributed by atoms with Gasteiger partial charge >= 0.3 is 17.9 Å². The van der Waals surface area contributed by atoms with Crippen molar-refractivity contribution in [3.63, 3.8) is 0 Å². The Morgan fingerprint density at radius 1 is 0.767 bits per heavy atom. The van der Waals surface area contributed by atoms with Gasteiger partial charge in [0.1, 0.15) is 0 Å². The number of aromatic nitrogens is 1. The molecule has 0 fully saturated rings. The number of esters is 3. The van der Waals surface area contributed by atoms with Crippen LogP contribution in [0.3, 0.4) is 0 Å². The van der Waals surface area contributed by atoms with Gasteiger partial charge in [0, 0.05) is 0 Å². The Hall–Kier alpha value is -3.97. The molecule has 0 amide bonds. The molecule has 0 bridgehead atoms. The molecular formula is C20H20N4O6. The molecule has 1 aromatic rings. The highest BCUT2D eigenvalue weighted by Crippen LogP contribution is 2.27. The van der Waals surface area contributed by atoms with E-state index in [0.29, 0.717) is 0 Å². The first-order valence-electron chi connectivity index (χ1n) is 9.08. The highest BCUT2D eigenvalue weighted by Gasteiger charge is 2.31. The highest BCUT2D eigenvalue weighted by atomic mass is 16.5. The summed E-state index contributed by atoms with van der Waals surface area (Å²) in [6.45, 7) is 4.72. The van der Waals surface area contributed by atoms with Crippen LogP contribution in [-0.4, -0.2) is 42.7 Å². The smallest absolute Gasteiger partial charge is 0.329 e. The van der Waals surface area contributed by atoms with Crippen LogP contribution in [0.4, 0.5) is 0 Å². The lowest BCUT2D eigenvalue weighted by Crippen LogP contribution is -2.21. The van der Waals surface area contributed by atoms with E-state index in [1.54, 1.807) is 39.0 Å². The maximum atomic E-state index is 12.2. The van der Waals surface area contributed by atoms with Crippen molar-refractivity contribution in [2.75, 3.05) is 19.8 Å². The molecule has 0 aliphatic heterocycles. The van der Waals surface area contributed by atoms with Gasteiger partial charge in [0.15, 0.2) is 17.8 Å². The second kappa shape index (κ2) is 11.8. The number of pyridine rings is 1. The number of nitriles is 3. The van der Waals surface area contributed by atoms with Gasteiger partial charge in [-0.3, -0.25) is 19.4 Å². The molecule has 0 saturated carbocycles. The van der Waals surface area contributed by atoms with Gasteiger partial charge in [-0.25, -0.2) is 0 Å². The second-order valence-corrected chi connectivity index (χ2v) is 5.69. The van der Waals surface area contributed by atoms with Crippen molar-refractivity contribution in [2.45, 2.75) is 38.5 Å². The summed E-state index contributed by atoms with van der Waals surface area (Å²) in [7, 11) is 0. The van der Waals surface area contributed by atoms with Gasteiger partial charge in [0.25, 0.3) is 0 Å². The number of carbonyl (C=O) groups excluding carboxylic acids is 3. The first kappa shape index (κ1) is 24.1. The Morgan fingerprint density at radius 3 is 1.40 bits per heavy atom. The van der Waals surface area contributed by atoms with Crippen LogP contribution in [0.5, 0.6) is 0 Å². The van der Waals surface area contributed by atoms with Gasteiger partial charge < -0.3 is 14.2 Å². The molecule has 0 radical (unpaired) electrons. The van der Waals surface area contributed by atoms with Crippen LogP contribution in [0, 0.1) is 34.0 Å². The standard InChI is InChI=1S/C20H20N4O6/c1-4-28-18(25)13(9-21)12-7-16(14(10-22)19(26)29-5-2)24-17(8-12)15(11-23)20(27)30-6-3/h7-8,13-15H,4-6H2,1-3H3. The van der Waals surface area contributed by atoms with E-state index in [-0.39, 0.29) is 36.8 Å². The summed E-state index contributed by atoms with van der Waals surface area (Å²) in [6.07, 6.45) is 0. The van der Waals surface area contributed by atoms with Crippen molar-refractivity contribution in [1.29, 1.82) is 15.8 Å². The third-order valence-electron chi connectivity index (χ3n) is 3.77. The molecule has 156 valence electrons. The van der Waals surface area contributed by atoms with E-state index in [2.05, 4.69) is 4.98 Å². The monoisotopic (exact) mass is 412 g/mol. The van der Waals surface area contributed by atoms with Gasteiger partial charge in [0.2, 0.25) is 0 Å². The van der Waals surface area contributed by atoms with Crippen LogP contribution >= 0.6 is 0 Å². The minimum absolute atomic E-state index is 0.0108. The number of carbonyl (C=O) groups is 3. The fourth-order valence-electron chi connectivity index (χ4n) is 2.48. The molecule has 10 heteroatoms. The summed E-state index contributed by atoms with van der Waals surface area (Å²) in [5.74, 6) is -7.07. The molecule has 3 unspecified atom stereocenters. The lowest BCUT2D eigenvalue weighted by Gasteiger charge is -2.16. The van der Waals surface area contributed by atoms with Gasteiger partial charge in [0.05, 0.1) is 49.4 Å². The third kappa shape index (κ3) is 5.76. The molecule has 0 aromatic carbocycles. The zero-order chi connectivity index (χ0) is 22.7. The topological polar surface area (TPSA) is 163 Å². The average Bonchev–Trinajstić information content (AvgIpc) is 2.70. The van der Waals surface area contributed by atoms with Crippen molar-refractivity contribution in [1.82, 2.24) is 4.98 Å². The van der Waals surface area contributed by atoms with E-state index in [9.17, 15) is 30.2 Å². The maximum Gasteiger partial charge on any atom is 0.329 e. The summed E-state index contributed by atoms with van der Waals surface area (Å²) in [5, 5.41) is 28.3. The minimum atomic E-state index is -1.49. The van der Waals surface area contributed by atoms with Crippen molar-refractivity contribution in [2.24, 2.45) is 0 Å². The van der Waals surface area contributed by atoms with Gasteiger partial charge in [-0.15, -0.1) is 0 Å². The molecule has 0 aliphatic carbocycles. The number of rotatable bonds is 9.